The quantitative estimate of drug-likeness (QED) is 0.196. The van der Waals surface area contributed by atoms with Crippen LogP contribution in [0, 0.1) is 11.3 Å². The molecular formula is C43H32N4. The third-order valence-corrected chi connectivity index (χ3v) is 9.46. The minimum absolute atomic E-state index is 0.155. The summed E-state index contributed by atoms with van der Waals surface area (Å²) in [5.74, 6) is 2.03. The van der Waals surface area contributed by atoms with Crippen molar-refractivity contribution in [3.05, 3.63) is 156 Å². The number of fused-ring (bicyclic) bond motifs is 3. The SMILES string of the molecule is CC1(C)c2ccc(-c3ccc(-c4nc(C5=CC=CCC5)nc(-c5cccc(-c6ccccc6)c5)n4)cc3)cc2-c2c(C#N)cccc21. The van der Waals surface area contributed by atoms with E-state index in [1.165, 1.54) is 11.1 Å². The number of rotatable bonds is 5. The van der Waals surface area contributed by atoms with Gasteiger partial charge in [0.25, 0.3) is 0 Å². The summed E-state index contributed by atoms with van der Waals surface area (Å²) in [5.41, 5.74) is 12.7. The predicted octanol–water partition coefficient (Wildman–Crippen LogP) is 10.5. The first-order valence-electron chi connectivity index (χ1n) is 16.1. The maximum atomic E-state index is 9.91. The van der Waals surface area contributed by atoms with E-state index in [-0.39, 0.29) is 5.41 Å². The maximum Gasteiger partial charge on any atom is 0.164 e. The van der Waals surface area contributed by atoms with Gasteiger partial charge in [0.15, 0.2) is 17.5 Å². The van der Waals surface area contributed by atoms with E-state index in [2.05, 4.69) is 135 Å². The lowest BCUT2D eigenvalue weighted by atomic mass is 9.82. The van der Waals surface area contributed by atoms with Crippen LogP contribution < -0.4 is 0 Å². The molecule has 4 heteroatoms. The van der Waals surface area contributed by atoms with Crippen molar-refractivity contribution in [3.63, 3.8) is 0 Å². The van der Waals surface area contributed by atoms with E-state index in [0.717, 1.165) is 74.3 Å². The van der Waals surface area contributed by atoms with Crippen LogP contribution in [0.3, 0.4) is 0 Å². The van der Waals surface area contributed by atoms with Crippen molar-refractivity contribution in [1.29, 1.82) is 5.26 Å². The Hall–Kier alpha value is -5.92. The number of aromatic nitrogens is 3. The van der Waals surface area contributed by atoms with Crippen molar-refractivity contribution < 1.29 is 0 Å². The lowest BCUT2D eigenvalue weighted by molar-refractivity contribution is 0.660. The molecule has 0 N–H and O–H groups in total. The summed E-state index contributed by atoms with van der Waals surface area (Å²) in [5, 5.41) is 9.91. The summed E-state index contributed by atoms with van der Waals surface area (Å²) in [7, 11) is 0. The minimum Gasteiger partial charge on any atom is -0.209 e. The van der Waals surface area contributed by atoms with Crippen LogP contribution in [-0.2, 0) is 5.41 Å². The highest BCUT2D eigenvalue weighted by atomic mass is 15.0. The van der Waals surface area contributed by atoms with Gasteiger partial charge in [0.05, 0.1) is 11.6 Å². The number of nitrogens with zero attached hydrogens (tertiary/aromatic N) is 4. The zero-order valence-electron chi connectivity index (χ0n) is 26.4. The number of hydrogen-bond donors (Lipinski definition) is 0. The van der Waals surface area contributed by atoms with Gasteiger partial charge in [-0.05, 0) is 75.6 Å². The lowest BCUT2D eigenvalue weighted by Crippen LogP contribution is -2.14. The van der Waals surface area contributed by atoms with Gasteiger partial charge in [-0.15, -0.1) is 0 Å². The standard InChI is InChI=1S/C43H32N4/c1-43(2)37-24-23-33(26-36(37)39-35(27-44)17-10-18-38(39)43)29-19-21-31(22-20-29)41-45-40(30-13-7-4-8-14-30)46-42(47-41)34-16-9-15-32(25-34)28-11-5-3-6-12-28/h3-7,9-13,15-26H,8,14H2,1-2H3. The Morgan fingerprint density at radius 2 is 1.23 bits per heavy atom. The first-order chi connectivity index (χ1) is 23.0. The zero-order chi connectivity index (χ0) is 32.0. The van der Waals surface area contributed by atoms with Crippen molar-refractivity contribution in [2.24, 2.45) is 0 Å². The Labute approximate surface area is 275 Å². The highest BCUT2D eigenvalue weighted by Gasteiger charge is 2.36. The van der Waals surface area contributed by atoms with Crippen LogP contribution in [0.5, 0.6) is 0 Å². The molecule has 0 amide bonds. The van der Waals surface area contributed by atoms with E-state index in [0.29, 0.717) is 11.6 Å². The molecule has 0 saturated heterocycles. The number of nitriles is 1. The number of hydrogen-bond acceptors (Lipinski definition) is 4. The molecule has 1 aromatic heterocycles. The van der Waals surface area contributed by atoms with Crippen LogP contribution >= 0.6 is 0 Å². The van der Waals surface area contributed by atoms with Gasteiger partial charge in [-0.2, -0.15) is 5.26 Å². The van der Waals surface area contributed by atoms with Crippen molar-refractivity contribution in [3.8, 4) is 62.2 Å². The molecule has 0 bridgehead atoms. The molecule has 0 atom stereocenters. The van der Waals surface area contributed by atoms with E-state index < -0.39 is 0 Å². The van der Waals surface area contributed by atoms with Crippen LogP contribution in [0.2, 0.25) is 0 Å². The zero-order valence-corrected chi connectivity index (χ0v) is 26.4. The largest absolute Gasteiger partial charge is 0.209 e. The predicted molar refractivity (Wildman–Crippen MR) is 190 cm³/mol. The summed E-state index contributed by atoms with van der Waals surface area (Å²) in [6.07, 6.45) is 8.24. The van der Waals surface area contributed by atoms with Gasteiger partial charge < -0.3 is 0 Å². The van der Waals surface area contributed by atoms with Gasteiger partial charge in [-0.25, -0.2) is 15.0 Å². The molecule has 0 aliphatic heterocycles. The molecule has 0 fully saturated rings. The van der Waals surface area contributed by atoms with Gasteiger partial charge >= 0.3 is 0 Å². The first-order valence-corrected chi connectivity index (χ1v) is 16.1. The molecule has 47 heavy (non-hydrogen) atoms. The Kier molecular flexibility index (Phi) is 6.96. The Morgan fingerprint density at radius 3 is 2.00 bits per heavy atom. The van der Waals surface area contributed by atoms with E-state index >= 15 is 0 Å². The molecule has 4 nitrogen and oxygen atoms in total. The van der Waals surface area contributed by atoms with Crippen molar-refractivity contribution in [2.75, 3.05) is 0 Å². The molecule has 224 valence electrons. The highest BCUT2D eigenvalue weighted by Crippen LogP contribution is 2.50. The number of benzene rings is 5. The molecule has 0 unspecified atom stereocenters. The third kappa shape index (κ3) is 5.07. The van der Waals surface area contributed by atoms with Crippen LogP contribution in [0.25, 0.3) is 61.7 Å². The summed E-state index contributed by atoms with van der Waals surface area (Å²) >= 11 is 0. The van der Waals surface area contributed by atoms with Gasteiger partial charge in [-0.1, -0.05) is 129 Å². The lowest BCUT2D eigenvalue weighted by Gasteiger charge is -2.21. The van der Waals surface area contributed by atoms with Gasteiger partial charge in [0.2, 0.25) is 0 Å². The topological polar surface area (TPSA) is 62.5 Å². The molecular weight excluding hydrogens is 573 g/mol. The van der Waals surface area contributed by atoms with Gasteiger partial charge in [-0.3, -0.25) is 0 Å². The van der Waals surface area contributed by atoms with Crippen LogP contribution in [-0.4, -0.2) is 15.0 Å². The smallest absolute Gasteiger partial charge is 0.164 e. The Balaban J connectivity index is 1.19. The molecule has 0 saturated carbocycles. The molecule has 1 heterocycles. The molecule has 2 aliphatic carbocycles. The first kappa shape index (κ1) is 28.5. The van der Waals surface area contributed by atoms with Gasteiger partial charge in [0, 0.05) is 22.1 Å². The molecule has 0 spiro atoms. The fourth-order valence-corrected chi connectivity index (χ4v) is 6.92. The summed E-state index contributed by atoms with van der Waals surface area (Å²) in [6.45, 7) is 4.48. The summed E-state index contributed by atoms with van der Waals surface area (Å²) in [6, 6.07) is 42.4. The van der Waals surface area contributed by atoms with Crippen molar-refractivity contribution in [1.82, 2.24) is 15.0 Å². The molecule has 0 radical (unpaired) electrons. The normalized spacial score (nSPS) is 14.2. The fourth-order valence-electron chi connectivity index (χ4n) is 6.92. The monoisotopic (exact) mass is 604 g/mol. The van der Waals surface area contributed by atoms with E-state index in [1.807, 2.05) is 18.2 Å². The molecule has 6 aromatic rings. The average molecular weight is 605 g/mol. The average Bonchev–Trinajstić information content (AvgIpc) is 3.38. The van der Waals surface area contributed by atoms with Crippen LogP contribution in [0.4, 0.5) is 0 Å². The fraction of sp³-hybridized carbons (Fsp3) is 0.116. The third-order valence-electron chi connectivity index (χ3n) is 9.46. The van der Waals surface area contributed by atoms with E-state index in [9.17, 15) is 5.26 Å². The Bertz CT molecular complexity index is 2270. The van der Waals surface area contributed by atoms with Crippen molar-refractivity contribution >= 4 is 5.57 Å². The second-order valence-electron chi connectivity index (χ2n) is 12.7. The van der Waals surface area contributed by atoms with Crippen LogP contribution in [0.1, 0.15) is 49.2 Å². The van der Waals surface area contributed by atoms with Crippen molar-refractivity contribution in [2.45, 2.75) is 32.1 Å². The highest BCUT2D eigenvalue weighted by molar-refractivity contribution is 5.88. The van der Waals surface area contributed by atoms with E-state index in [1.54, 1.807) is 0 Å². The second kappa shape index (κ2) is 11.5. The molecule has 5 aromatic carbocycles. The maximum absolute atomic E-state index is 9.91. The minimum atomic E-state index is -0.155. The van der Waals surface area contributed by atoms with Crippen LogP contribution in [0.15, 0.2) is 133 Å². The number of allylic oxidation sites excluding steroid dienone is 4. The summed E-state index contributed by atoms with van der Waals surface area (Å²) in [4.78, 5) is 15.0. The second-order valence-corrected chi connectivity index (χ2v) is 12.7. The van der Waals surface area contributed by atoms with E-state index in [4.69, 9.17) is 15.0 Å². The Morgan fingerprint density at radius 1 is 0.596 bits per heavy atom. The molecule has 8 rings (SSSR count). The molecule has 2 aliphatic rings. The van der Waals surface area contributed by atoms with Gasteiger partial charge in [0.1, 0.15) is 0 Å². The summed E-state index contributed by atoms with van der Waals surface area (Å²) < 4.78 is 0.